The van der Waals surface area contributed by atoms with Gasteiger partial charge in [-0.2, -0.15) is 0 Å². The van der Waals surface area contributed by atoms with Gasteiger partial charge in [-0.3, -0.25) is 4.79 Å². The smallest absolute Gasteiger partial charge is 0.340 e. The van der Waals surface area contributed by atoms with Crippen molar-refractivity contribution in [1.29, 1.82) is 0 Å². The summed E-state index contributed by atoms with van der Waals surface area (Å²) in [6, 6.07) is 9.83. The maximum atomic E-state index is 12.8. The monoisotopic (exact) mass is 418 g/mol. The third-order valence-corrected chi connectivity index (χ3v) is 5.17. The topological polar surface area (TPSA) is 91.1 Å². The van der Waals surface area contributed by atoms with Crippen LogP contribution < -0.4 is 15.2 Å². The van der Waals surface area contributed by atoms with E-state index in [-0.39, 0.29) is 29.8 Å². The summed E-state index contributed by atoms with van der Waals surface area (Å²) >= 11 is 5.91. The fourth-order valence-electron chi connectivity index (χ4n) is 3.48. The van der Waals surface area contributed by atoms with Crippen molar-refractivity contribution in [3.05, 3.63) is 52.5 Å². The molecule has 1 fully saturated rings. The molecule has 0 aliphatic carbocycles. The lowest BCUT2D eigenvalue weighted by Gasteiger charge is -2.26. The number of methoxy groups -OCH3 is 2. The molecule has 2 aromatic carbocycles. The van der Waals surface area contributed by atoms with E-state index in [1.807, 2.05) is 12.1 Å². The van der Waals surface area contributed by atoms with Gasteiger partial charge in [0.1, 0.15) is 11.5 Å². The van der Waals surface area contributed by atoms with Crippen LogP contribution in [0.15, 0.2) is 36.4 Å². The largest absolute Gasteiger partial charge is 0.497 e. The molecule has 1 aliphatic rings. The van der Waals surface area contributed by atoms with Crippen LogP contribution in [-0.2, 0) is 9.53 Å². The number of ether oxygens (including phenoxy) is 3. The van der Waals surface area contributed by atoms with Crippen LogP contribution in [0.3, 0.4) is 0 Å². The Hall–Kier alpha value is -2.93. The molecular weight excluding hydrogens is 396 g/mol. The number of hydrogen-bond acceptors (Lipinski definition) is 6. The molecule has 2 N–H and O–H groups in total. The minimum Gasteiger partial charge on any atom is -0.497 e. The highest BCUT2D eigenvalue weighted by molar-refractivity contribution is 6.31. The number of halogens is 1. The van der Waals surface area contributed by atoms with E-state index in [0.717, 1.165) is 18.4 Å². The van der Waals surface area contributed by atoms with Gasteiger partial charge >= 0.3 is 5.97 Å². The summed E-state index contributed by atoms with van der Waals surface area (Å²) in [6.45, 7) is 0.189. The second-order valence-corrected chi connectivity index (χ2v) is 7.10. The lowest BCUT2D eigenvalue weighted by atomic mass is 10.0. The normalized spacial score (nSPS) is 15.8. The van der Waals surface area contributed by atoms with E-state index in [9.17, 15) is 9.59 Å². The van der Waals surface area contributed by atoms with E-state index in [2.05, 4.69) is 0 Å². The first-order valence-corrected chi connectivity index (χ1v) is 9.56. The summed E-state index contributed by atoms with van der Waals surface area (Å²) in [4.78, 5) is 26.8. The predicted molar refractivity (Wildman–Crippen MR) is 109 cm³/mol. The number of nitrogen functional groups attached to an aromatic ring is 1. The Balaban J connectivity index is 1.72. The molecule has 7 nitrogen and oxygen atoms in total. The van der Waals surface area contributed by atoms with Gasteiger partial charge in [0, 0.05) is 22.8 Å². The highest BCUT2D eigenvalue weighted by atomic mass is 35.5. The molecule has 0 radical (unpaired) electrons. The third-order valence-electron chi connectivity index (χ3n) is 4.93. The maximum absolute atomic E-state index is 12.8. The van der Waals surface area contributed by atoms with E-state index >= 15 is 0 Å². The van der Waals surface area contributed by atoms with Gasteiger partial charge in [0.25, 0.3) is 5.91 Å². The van der Waals surface area contributed by atoms with Gasteiger partial charge in [-0.1, -0.05) is 11.6 Å². The number of hydrogen-bond donors (Lipinski definition) is 1. The summed E-state index contributed by atoms with van der Waals surface area (Å²) in [7, 11) is 3.17. The summed E-state index contributed by atoms with van der Waals surface area (Å²) < 4.78 is 16.0. The van der Waals surface area contributed by atoms with E-state index < -0.39 is 5.97 Å². The van der Waals surface area contributed by atoms with Gasteiger partial charge in [-0.15, -0.1) is 0 Å². The number of nitrogens with zero attached hydrogens (tertiary/aromatic N) is 1. The zero-order valence-electron chi connectivity index (χ0n) is 16.3. The second-order valence-electron chi connectivity index (χ2n) is 6.66. The number of esters is 1. The molecule has 1 saturated heterocycles. The van der Waals surface area contributed by atoms with Crippen molar-refractivity contribution < 1.29 is 23.8 Å². The number of anilines is 1. The molecule has 1 aliphatic heterocycles. The van der Waals surface area contributed by atoms with Crippen molar-refractivity contribution in [3.63, 3.8) is 0 Å². The maximum Gasteiger partial charge on any atom is 0.340 e. The quantitative estimate of drug-likeness (QED) is 0.570. The number of likely N-dealkylation sites (tertiary alicyclic amines) is 1. The summed E-state index contributed by atoms with van der Waals surface area (Å²) in [5.74, 6) is 0.390. The molecule has 0 unspecified atom stereocenters. The zero-order chi connectivity index (χ0) is 21.0. The van der Waals surface area contributed by atoms with Crippen LogP contribution in [0.1, 0.15) is 34.8 Å². The minimum absolute atomic E-state index is 0.137. The van der Waals surface area contributed by atoms with Gasteiger partial charge in [0.2, 0.25) is 0 Å². The van der Waals surface area contributed by atoms with Crippen LogP contribution in [0.25, 0.3) is 0 Å². The van der Waals surface area contributed by atoms with E-state index in [0.29, 0.717) is 23.1 Å². The molecule has 29 heavy (non-hydrogen) atoms. The molecule has 0 saturated carbocycles. The highest BCUT2D eigenvalue weighted by Gasteiger charge is 2.32. The van der Waals surface area contributed by atoms with E-state index in [4.69, 9.17) is 31.5 Å². The van der Waals surface area contributed by atoms with Crippen LogP contribution in [0.2, 0.25) is 5.02 Å². The summed E-state index contributed by atoms with van der Waals surface area (Å²) in [5, 5.41) is 0.363. The fourth-order valence-corrected chi connectivity index (χ4v) is 3.65. The summed E-state index contributed by atoms with van der Waals surface area (Å²) in [6.07, 6.45) is 1.62. The molecule has 1 amide bonds. The minimum atomic E-state index is -0.687. The number of carbonyl (C=O) groups excluding carboxylic acids is 2. The molecule has 154 valence electrons. The van der Waals surface area contributed by atoms with Crippen molar-refractivity contribution in [1.82, 2.24) is 4.90 Å². The predicted octanol–water partition coefficient (Wildman–Crippen LogP) is 3.46. The number of rotatable bonds is 6. The molecule has 8 heteroatoms. The number of carbonyl (C=O) groups is 2. The van der Waals surface area contributed by atoms with E-state index in [1.54, 1.807) is 31.3 Å². The molecule has 0 aromatic heterocycles. The molecule has 3 rings (SSSR count). The van der Waals surface area contributed by atoms with E-state index in [1.165, 1.54) is 12.1 Å². The standard InChI is InChI=1S/C21H23ClN2O5/c1-27-14-6-8-19(28-2)16(11-14)18-4-3-9-24(18)20(25)12-29-21(26)15-10-13(22)5-7-17(15)23/h5-8,10-11,18H,3-4,9,12,23H2,1-2H3/t18-/m1/s1. The highest BCUT2D eigenvalue weighted by Crippen LogP contribution is 2.39. The Labute approximate surface area is 174 Å². The Bertz CT molecular complexity index is 918. The Morgan fingerprint density at radius 3 is 2.69 bits per heavy atom. The molecule has 0 bridgehead atoms. The van der Waals surface area contributed by atoms with Crippen molar-refractivity contribution in [2.45, 2.75) is 18.9 Å². The van der Waals surface area contributed by atoms with Crippen LogP contribution >= 0.6 is 11.6 Å². The van der Waals surface area contributed by atoms with Gasteiger partial charge < -0.3 is 24.8 Å². The van der Waals surface area contributed by atoms with Gasteiger partial charge in [0.05, 0.1) is 25.8 Å². The SMILES string of the molecule is COc1ccc(OC)c([C@H]2CCCN2C(=O)COC(=O)c2cc(Cl)ccc2N)c1. The lowest BCUT2D eigenvalue weighted by molar-refractivity contribution is -0.135. The lowest BCUT2D eigenvalue weighted by Crippen LogP contribution is -2.34. The Morgan fingerprint density at radius 1 is 1.17 bits per heavy atom. The molecular formula is C21H23ClN2O5. The fraction of sp³-hybridized carbons (Fsp3) is 0.333. The molecule has 2 aromatic rings. The van der Waals surface area contributed by atoms with Crippen LogP contribution in [-0.4, -0.2) is 44.1 Å². The van der Waals surface area contributed by atoms with Gasteiger partial charge in [-0.05, 0) is 49.2 Å². The van der Waals surface area contributed by atoms with Crippen molar-refractivity contribution in [3.8, 4) is 11.5 Å². The summed E-state index contributed by atoms with van der Waals surface area (Å²) in [5.41, 5.74) is 7.04. The third kappa shape index (κ3) is 4.56. The molecule has 0 spiro atoms. The molecule has 1 heterocycles. The average molecular weight is 419 g/mol. The van der Waals surface area contributed by atoms with Crippen molar-refractivity contribution >= 4 is 29.2 Å². The van der Waals surface area contributed by atoms with Gasteiger partial charge in [0.15, 0.2) is 6.61 Å². The van der Waals surface area contributed by atoms with Crippen molar-refractivity contribution in [2.75, 3.05) is 33.1 Å². The zero-order valence-corrected chi connectivity index (χ0v) is 17.1. The van der Waals surface area contributed by atoms with Crippen LogP contribution in [0.5, 0.6) is 11.5 Å². The first-order valence-electron chi connectivity index (χ1n) is 9.18. The first kappa shape index (κ1) is 20.8. The first-order chi connectivity index (χ1) is 13.9. The Kier molecular flexibility index (Phi) is 6.49. The number of amides is 1. The van der Waals surface area contributed by atoms with Crippen molar-refractivity contribution in [2.24, 2.45) is 0 Å². The average Bonchev–Trinajstić information content (AvgIpc) is 3.22. The van der Waals surface area contributed by atoms with Gasteiger partial charge in [-0.25, -0.2) is 4.79 Å². The molecule has 1 atom stereocenters. The Morgan fingerprint density at radius 2 is 1.97 bits per heavy atom. The second kappa shape index (κ2) is 9.05. The van der Waals surface area contributed by atoms with Crippen LogP contribution in [0, 0.1) is 0 Å². The van der Waals surface area contributed by atoms with Crippen LogP contribution in [0.4, 0.5) is 5.69 Å². The number of nitrogens with two attached hydrogens (primary N) is 1. The number of benzene rings is 2.